The molecular weight excluding hydrogens is 168 g/mol. The summed E-state index contributed by atoms with van der Waals surface area (Å²) < 4.78 is 4.99. The molecule has 1 rings (SSSR count). The van der Waals surface area contributed by atoms with E-state index in [4.69, 9.17) is 10.5 Å². The molecule has 1 aliphatic heterocycles. The highest BCUT2D eigenvalue weighted by molar-refractivity contribution is 5.85. The molecule has 0 bridgehead atoms. The Morgan fingerprint density at radius 1 is 1.82 bits per heavy atom. The van der Waals surface area contributed by atoms with Gasteiger partial charge in [-0.2, -0.15) is 0 Å². The van der Waals surface area contributed by atoms with E-state index >= 15 is 0 Å². The van der Waals surface area contributed by atoms with Gasteiger partial charge in [-0.1, -0.05) is 0 Å². The number of urea groups is 1. The van der Waals surface area contributed by atoms with Crippen molar-refractivity contribution in [1.29, 1.82) is 0 Å². The topological polar surface area (TPSA) is 55.6 Å². The van der Waals surface area contributed by atoms with E-state index in [1.165, 1.54) is 4.90 Å². The Balaban J connectivity index is 0.000001000. The lowest BCUT2D eigenvalue weighted by Crippen LogP contribution is -2.34. The molecule has 1 heterocycles. The number of methoxy groups -OCH3 is 1. The van der Waals surface area contributed by atoms with E-state index in [2.05, 4.69) is 0 Å². The number of rotatable bonds is 1. The summed E-state index contributed by atoms with van der Waals surface area (Å²) >= 11 is 0. The molecule has 1 atom stereocenters. The highest BCUT2D eigenvalue weighted by Gasteiger charge is 2.24. The summed E-state index contributed by atoms with van der Waals surface area (Å²) in [5.74, 6) is 0. The Morgan fingerprint density at radius 3 is 2.73 bits per heavy atom. The van der Waals surface area contributed by atoms with Crippen LogP contribution in [-0.4, -0.2) is 37.2 Å². The van der Waals surface area contributed by atoms with Crippen LogP contribution in [0.2, 0.25) is 0 Å². The lowest BCUT2D eigenvalue weighted by Gasteiger charge is -2.11. The first kappa shape index (κ1) is 10.5. The van der Waals surface area contributed by atoms with Crippen LogP contribution in [-0.2, 0) is 4.74 Å². The number of hydrogen-bond acceptors (Lipinski definition) is 2. The van der Waals surface area contributed by atoms with Crippen LogP contribution >= 0.6 is 12.4 Å². The average molecular weight is 180 g/mol. The minimum Gasteiger partial charge on any atom is -0.379 e. The van der Waals surface area contributed by atoms with Gasteiger partial charge >= 0.3 is 6.03 Å². The molecule has 0 aliphatic carbocycles. The summed E-state index contributed by atoms with van der Waals surface area (Å²) in [6.45, 7) is 1.19. The van der Waals surface area contributed by atoms with E-state index < -0.39 is 0 Å². The maximum atomic E-state index is 10.5. The van der Waals surface area contributed by atoms with E-state index in [0.717, 1.165) is 0 Å². The molecule has 1 radical (unpaired) electrons. The number of carbonyl (C=O) groups excluding carboxylic acids is 1. The van der Waals surface area contributed by atoms with Crippen LogP contribution in [0.25, 0.3) is 0 Å². The summed E-state index contributed by atoms with van der Waals surface area (Å²) in [4.78, 5) is 12.1. The SMILES string of the molecule is CO[C@H]1[CH]CN(C(N)=O)C1.Cl. The highest BCUT2D eigenvalue weighted by Crippen LogP contribution is 2.09. The number of primary amides is 1. The second kappa shape index (κ2) is 4.41. The maximum Gasteiger partial charge on any atom is 0.314 e. The van der Waals surface area contributed by atoms with Crippen LogP contribution < -0.4 is 5.73 Å². The van der Waals surface area contributed by atoms with Gasteiger partial charge in [-0.05, 0) is 0 Å². The molecule has 2 amide bonds. The van der Waals surface area contributed by atoms with Crippen molar-refractivity contribution in [3.8, 4) is 0 Å². The fraction of sp³-hybridized carbons (Fsp3) is 0.667. The number of ether oxygens (including phenoxy) is 1. The van der Waals surface area contributed by atoms with Crippen LogP contribution in [0.3, 0.4) is 0 Å². The second-order valence-corrected chi connectivity index (χ2v) is 2.25. The van der Waals surface area contributed by atoms with Crippen molar-refractivity contribution in [2.45, 2.75) is 6.10 Å². The van der Waals surface area contributed by atoms with Gasteiger partial charge in [0.1, 0.15) is 0 Å². The van der Waals surface area contributed by atoms with Crippen molar-refractivity contribution in [3.63, 3.8) is 0 Å². The van der Waals surface area contributed by atoms with Gasteiger partial charge in [0.05, 0.1) is 6.10 Å². The molecular formula is C6H12ClN2O2. The van der Waals surface area contributed by atoms with Crippen molar-refractivity contribution in [2.24, 2.45) is 5.73 Å². The molecule has 5 heteroatoms. The molecule has 0 saturated carbocycles. The fourth-order valence-corrected chi connectivity index (χ4v) is 0.962. The molecule has 11 heavy (non-hydrogen) atoms. The number of nitrogens with two attached hydrogens (primary N) is 1. The van der Waals surface area contributed by atoms with Gasteiger partial charge in [-0.3, -0.25) is 0 Å². The van der Waals surface area contributed by atoms with Crippen LogP contribution in [0.5, 0.6) is 0 Å². The van der Waals surface area contributed by atoms with E-state index in [-0.39, 0.29) is 24.5 Å². The fourth-order valence-electron chi connectivity index (χ4n) is 0.962. The van der Waals surface area contributed by atoms with Crippen molar-refractivity contribution in [1.82, 2.24) is 4.90 Å². The lowest BCUT2D eigenvalue weighted by atomic mass is 10.3. The maximum absolute atomic E-state index is 10.5. The van der Waals surface area contributed by atoms with Crippen LogP contribution in [0.15, 0.2) is 0 Å². The molecule has 2 N–H and O–H groups in total. The summed E-state index contributed by atoms with van der Waals surface area (Å²) in [7, 11) is 1.62. The van der Waals surface area contributed by atoms with Crippen molar-refractivity contribution < 1.29 is 9.53 Å². The first-order valence-electron chi connectivity index (χ1n) is 3.14. The quantitative estimate of drug-likeness (QED) is 0.617. The Hall–Kier alpha value is -0.480. The second-order valence-electron chi connectivity index (χ2n) is 2.25. The van der Waals surface area contributed by atoms with Gasteiger partial charge in [-0.15, -0.1) is 12.4 Å². The van der Waals surface area contributed by atoms with Gasteiger partial charge in [0.15, 0.2) is 0 Å². The van der Waals surface area contributed by atoms with Crippen LogP contribution in [0.4, 0.5) is 4.79 Å². The summed E-state index contributed by atoms with van der Waals surface area (Å²) in [5.41, 5.74) is 5.03. The number of carbonyl (C=O) groups is 1. The molecule has 1 saturated heterocycles. The monoisotopic (exact) mass is 179 g/mol. The molecule has 0 unspecified atom stereocenters. The van der Waals surface area contributed by atoms with Crippen molar-refractivity contribution in [2.75, 3.05) is 20.2 Å². The lowest BCUT2D eigenvalue weighted by molar-refractivity contribution is 0.129. The predicted octanol–water partition coefficient (Wildman–Crippen LogP) is 0.0218. The zero-order valence-corrected chi connectivity index (χ0v) is 7.13. The molecule has 1 aliphatic rings. The number of likely N-dealkylation sites (tertiary alicyclic amines) is 1. The Bertz CT molecular complexity index is 143. The third-order valence-electron chi connectivity index (χ3n) is 1.60. The molecule has 0 aromatic rings. The molecule has 0 spiro atoms. The van der Waals surface area contributed by atoms with Crippen molar-refractivity contribution in [3.05, 3.63) is 6.42 Å². The normalized spacial score (nSPS) is 23.0. The summed E-state index contributed by atoms with van der Waals surface area (Å²) in [6.07, 6.45) is 1.98. The predicted molar refractivity (Wildman–Crippen MR) is 43.5 cm³/mol. The standard InChI is InChI=1S/C6H11N2O2.ClH/c1-10-5-2-3-8(4-5)6(7)9;/h2,5H,3-4H2,1H3,(H2,7,9);1H/t5-;/m0./s1. The number of nitrogens with zero attached hydrogens (tertiary/aromatic N) is 1. The third-order valence-corrected chi connectivity index (χ3v) is 1.60. The van der Waals surface area contributed by atoms with Gasteiger partial charge in [0.25, 0.3) is 0 Å². The summed E-state index contributed by atoms with van der Waals surface area (Å²) in [5, 5.41) is 0. The third kappa shape index (κ3) is 2.55. The number of amides is 2. The Labute approximate surface area is 72.1 Å². The average Bonchev–Trinajstić information content (AvgIpc) is 2.34. The molecule has 1 fully saturated rings. The smallest absolute Gasteiger partial charge is 0.314 e. The molecule has 0 aromatic heterocycles. The van der Waals surface area contributed by atoms with E-state index in [0.29, 0.717) is 13.1 Å². The number of hydrogen-bond donors (Lipinski definition) is 1. The van der Waals surface area contributed by atoms with Gasteiger partial charge in [-0.25, -0.2) is 4.79 Å². The first-order chi connectivity index (χ1) is 4.74. The van der Waals surface area contributed by atoms with E-state index in [1.807, 2.05) is 6.42 Å². The molecule has 4 nitrogen and oxygen atoms in total. The highest BCUT2D eigenvalue weighted by atomic mass is 35.5. The largest absolute Gasteiger partial charge is 0.379 e. The zero-order valence-electron chi connectivity index (χ0n) is 6.32. The Kier molecular flexibility index (Phi) is 4.22. The number of halogens is 1. The van der Waals surface area contributed by atoms with Crippen LogP contribution in [0, 0.1) is 6.42 Å². The van der Waals surface area contributed by atoms with Crippen LogP contribution in [0.1, 0.15) is 0 Å². The minimum atomic E-state index is -0.379. The van der Waals surface area contributed by atoms with E-state index in [1.54, 1.807) is 7.11 Å². The van der Waals surface area contributed by atoms with Gasteiger partial charge in [0.2, 0.25) is 0 Å². The Morgan fingerprint density at radius 2 is 2.45 bits per heavy atom. The van der Waals surface area contributed by atoms with Gasteiger partial charge in [0, 0.05) is 26.6 Å². The first-order valence-corrected chi connectivity index (χ1v) is 3.14. The minimum absolute atomic E-state index is 0. The molecule has 65 valence electrons. The van der Waals surface area contributed by atoms with Gasteiger partial charge < -0.3 is 15.4 Å². The molecule has 0 aromatic carbocycles. The van der Waals surface area contributed by atoms with Crippen molar-refractivity contribution >= 4 is 18.4 Å². The van der Waals surface area contributed by atoms with E-state index in [9.17, 15) is 4.79 Å². The zero-order chi connectivity index (χ0) is 7.56. The summed E-state index contributed by atoms with van der Waals surface area (Å²) in [6, 6.07) is -0.379.